The molecule has 7 nitrogen and oxygen atoms in total. The van der Waals surface area contributed by atoms with Crippen LogP contribution >= 0.6 is 0 Å². The van der Waals surface area contributed by atoms with Gasteiger partial charge < -0.3 is 14.7 Å². The molecule has 2 N–H and O–H groups in total. The molecule has 0 saturated carbocycles. The molecule has 126 valence electrons. The Morgan fingerprint density at radius 3 is 2.72 bits per heavy atom. The number of ketones is 1. The molecule has 1 fully saturated rings. The number of H-pyrrole nitrogens is 1. The molecule has 3 heterocycles. The first-order chi connectivity index (χ1) is 12.0. The number of rotatable bonds is 4. The van der Waals surface area contributed by atoms with Crippen molar-refractivity contribution in [3.63, 3.8) is 0 Å². The molecule has 2 aromatic heterocycles. The van der Waals surface area contributed by atoms with E-state index in [0.29, 0.717) is 17.0 Å². The number of para-hydroxylation sites is 1. The Kier molecular flexibility index (Phi) is 3.24. The molecule has 3 amide bonds. The minimum absolute atomic E-state index is 0.332. The highest BCUT2D eigenvalue weighted by molar-refractivity contribution is 6.11. The van der Waals surface area contributed by atoms with Crippen LogP contribution in [0.3, 0.4) is 0 Å². The molecule has 0 spiro atoms. The highest BCUT2D eigenvalue weighted by atomic mass is 16.3. The van der Waals surface area contributed by atoms with Crippen molar-refractivity contribution in [2.45, 2.75) is 12.5 Å². The van der Waals surface area contributed by atoms with E-state index in [1.807, 2.05) is 18.2 Å². The van der Waals surface area contributed by atoms with Gasteiger partial charge >= 0.3 is 6.03 Å². The van der Waals surface area contributed by atoms with E-state index in [2.05, 4.69) is 10.3 Å². The van der Waals surface area contributed by atoms with E-state index in [1.54, 1.807) is 37.4 Å². The third-order valence-corrected chi connectivity index (χ3v) is 4.39. The fourth-order valence-corrected chi connectivity index (χ4v) is 2.97. The number of urea groups is 1. The van der Waals surface area contributed by atoms with Crippen molar-refractivity contribution >= 4 is 28.7 Å². The van der Waals surface area contributed by atoms with Gasteiger partial charge in [0.15, 0.2) is 11.3 Å². The topological polar surface area (TPSA) is 95.4 Å². The van der Waals surface area contributed by atoms with Crippen LogP contribution in [-0.4, -0.2) is 34.2 Å². The standard InChI is InChI=1S/C18H15N3O4/c1-18(15-9-11-5-2-3-7-14(11)25-15)16(23)21(17(24)20-18)10-13(22)12-6-4-8-19-12/h2-9,19H,10H2,1H3,(H,20,24). The minimum atomic E-state index is -1.34. The third kappa shape index (κ3) is 2.32. The fourth-order valence-electron chi connectivity index (χ4n) is 2.97. The van der Waals surface area contributed by atoms with Crippen molar-refractivity contribution in [1.29, 1.82) is 0 Å². The summed E-state index contributed by atoms with van der Waals surface area (Å²) in [6.45, 7) is 1.24. The van der Waals surface area contributed by atoms with Crippen molar-refractivity contribution in [3.8, 4) is 0 Å². The van der Waals surface area contributed by atoms with E-state index in [-0.39, 0.29) is 12.3 Å². The number of benzene rings is 1. The van der Waals surface area contributed by atoms with E-state index in [1.165, 1.54) is 0 Å². The number of amides is 3. The number of hydrogen-bond donors (Lipinski definition) is 2. The number of Topliss-reactive ketones (excluding diaryl/α,β-unsaturated/α-hetero) is 1. The van der Waals surface area contributed by atoms with Gasteiger partial charge in [-0.2, -0.15) is 0 Å². The Bertz CT molecular complexity index is 956. The summed E-state index contributed by atoms with van der Waals surface area (Å²) in [5.41, 5.74) is -0.369. The van der Waals surface area contributed by atoms with E-state index < -0.39 is 17.5 Å². The normalized spacial score (nSPS) is 20.3. The van der Waals surface area contributed by atoms with E-state index in [0.717, 1.165) is 10.3 Å². The summed E-state index contributed by atoms with van der Waals surface area (Å²) < 4.78 is 5.75. The van der Waals surface area contributed by atoms with E-state index in [9.17, 15) is 14.4 Å². The molecule has 1 unspecified atom stereocenters. The van der Waals surface area contributed by atoms with Crippen molar-refractivity contribution in [2.24, 2.45) is 0 Å². The molecule has 4 rings (SSSR count). The number of imide groups is 1. The van der Waals surface area contributed by atoms with Crippen LogP contribution in [0.15, 0.2) is 53.1 Å². The smallest absolute Gasteiger partial charge is 0.325 e. The van der Waals surface area contributed by atoms with Crippen molar-refractivity contribution in [2.75, 3.05) is 6.54 Å². The monoisotopic (exact) mass is 337 g/mol. The molecule has 1 aliphatic rings. The number of fused-ring (bicyclic) bond motifs is 1. The van der Waals surface area contributed by atoms with Gasteiger partial charge in [-0.15, -0.1) is 0 Å². The molecule has 7 heteroatoms. The Labute approximate surface area is 142 Å². The lowest BCUT2D eigenvalue weighted by Gasteiger charge is -2.18. The van der Waals surface area contributed by atoms with Gasteiger partial charge in [0.1, 0.15) is 11.3 Å². The summed E-state index contributed by atoms with van der Waals surface area (Å²) in [5.74, 6) is -0.527. The summed E-state index contributed by atoms with van der Waals surface area (Å²) in [4.78, 5) is 41.0. The van der Waals surface area contributed by atoms with Gasteiger partial charge in [-0.25, -0.2) is 4.79 Å². The molecular weight excluding hydrogens is 322 g/mol. The van der Waals surface area contributed by atoms with Gasteiger partial charge in [-0.05, 0) is 31.2 Å². The minimum Gasteiger partial charge on any atom is -0.458 e. The van der Waals surface area contributed by atoms with Gasteiger partial charge in [0.2, 0.25) is 0 Å². The number of aromatic nitrogens is 1. The van der Waals surface area contributed by atoms with Crippen molar-refractivity contribution in [3.05, 3.63) is 60.1 Å². The van der Waals surface area contributed by atoms with Crippen LogP contribution in [0, 0.1) is 0 Å². The van der Waals surface area contributed by atoms with Gasteiger partial charge in [0.05, 0.1) is 12.2 Å². The number of carbonyl (C=O) groups excluding carboxylic acids is 3. The van der Waals surface area contributed by atoms with Crippen LogP contribution in [0.4, 0.5) is 4.79 Å². The summed E-state index contributed by atoms with van der Waals surface area (Å²) in [6.07, 6.45) is 1.61. The second kappa shape index (κ2) is 5.34. The molecule has 1 saturated heterocycles. The van der Waals surface area contributed by atoms with Crippen LogP contribution < -0.4 is 5.32 Å². The number of carbonyl (C=O) groups is 3. The Morgan fingerprint density at radius 1 is 1.20 bits per heavy atom. The second-order valence-corrected chi connectivity index (χ2v) is 6.10. The average molecular weight is 337 g/mol. The third-order valence-electron chi connectivity index (χ3n) is 4.39. The quantitative estimate of drug-likeness (QED) is 0.564. The van der Waals surface area contributed by atoms with Gasteiger partial charge in [-0.1, -0.05) is 18.2 Å². The Morgan fingerprint density at radius 2 is 2.00 bits per heavy atom. The molecule has 0 aliphatic carbocycles. The van der Waals surface area contributed by atoms with Gasteiger partial charge in [0.25, 0.3) is 5.91 Å². The van der Waals surface area contributed by atoms with Crippen LogP contribution in [0.2, 0.25) is 0 Å². The molecule has 3 aromatic rings. The summed E-state index contributed by atoms with van der Waals surface area (Å²) in [7, 11) is 0. The molecule has 0 radical (unpaired) electrons. The molecule has 1 atom stereocenters. The van der Waals surface area contributed by atoms with Crippen molar-refractivity contribution < 1.29 is 18.8 Å². The number of furan rings is 1. The lowest BCUT2D eigenvalue weighted by atomic mass is 9.98. The zero-order chi connectivity index (χ0) is 17.6. The molecule has 1 aliphatic heterocycles. The van der Waals surface area contributed by atoms with Gasteiger partial charge in [0, 0.05) is 11.6 Å². The summed E-state index contributed by atoms with van der Waals surface area (Å²) in [5, 5.41) is 3.47. The average Bonchev–Trinajstić information content (AvgIpc) is 3.30. The predicted molar refractivity (Wildman–Crippen MR) is 88.9 cm³/mol. The Balaban J connectivity index is 1.64. The van der Waals surface area contributed by atoms with E-state index in [4.69, 9.17) is 4.42 Å². The van der Waals surface area contributed by atoms with E-state index >= 15 is 0 Å². The number of nitrogens with one attached hydrogen (secondary N) is 2. The van der Waals surface area contributed by atoms with Gasteiger partial charge in [-0.3, -0.25) is 14.5 Å². The summed E-state index contributed by atoms with van der Waals surface area (Å²) in [6, 6.07) is 11.7. The van der Waals surface area contributed by atoms with Crippen LogP contribution in [0.1, 0.15) is 23.2 Å². The number of aromatic amines is 1. The SMILES string of the molecule is CC1(c2cc3ccccc3o2)NC(=O)N(CC(=O)c2ccc[nH]2)C1=O. The Hall–Kier alpha value is -3.35. The molecule has 1 aromatic carbocycles. The lowest BCUT2D eigenvalue weighted by molar-refractivity contribution is -0.131. The zero-order valence-corrected chi connectivity index (χ0v) is 13.4. The zero-order valence-electron chi connectivity index (χ0n) is 13.4. The predicted octanol–water partition coefficient (Wildman–Crippen LogP) is 2.41. The van der Waals surface area contributed by atoms with Crippen LogP contribution in [0.5, 0.6) is 0 Å². The van der Waals surface area contributed by atoms with Crippen LogP contribution in [-0.2, 0) is 10.3 Å². The largest absolute Gasteiger partial charge is 0.458 e. The highest BCUT2D eigenvalue weighted by Gasteiger charge is 2.51. The molecule has 0 bridgehead atoms. The first kappa shape index (κ1) is 15.2. The van der Waals surface area contributed by atoms with Crippen LogP contribution in [0.25, 0.3) is 11.0 Å². The maximum absolute atomic E-state index is 12.8. The number of nitrogens with zero attached hydrogens (tertiary/aromatic N) is 1. The van der Waals surface area contributed by atoms with Crippen molar-refractivity contribution in [1.82, 2.24) is 15.2 Å². The fraction of sp³-hybridized carbons (Fsp3) is 0.167. The maximum atomic E-state index is 12.8. The summed E-state index contributed by atoms with van der Waals surface area (Å²) >= 11 is 0. The second-order valence-electron chi connectivity index (χ2n) is 6.10. The molecule has 25 heavy (non-hydrogen) atoms. The first-order valence-corrected chi connectivity index (χ1v) is 7.79. The highest BCUT2D eigenvalue weighted by Crippen LogP contribution is 2.33. The first-order valence-electron chi connectivity index (χ1n) is 7.79. The molecular formula is C18H15N3O4. The lowest BCUT2D eigenvalue weighted by Crippen LogP contribution is -2.41. The number of hydrogen-bond acceptors (Lipinski definition) is 4. The maximum Gasteiger partial charge on any atom is 0.325 e.